The first-order valence-electron chi connectivity index (χ1n) is 5.21. The van der Waals surface area contributed by atoms with Crippen LogP contribution in [0.15, 0.2) is 0 Å². The second kappa shape index (κ2) is 3.66. The number of aliphatic hydroxyl groups is 1. The van der Waals surface area contributed by atoms with Crippen molar-refractivity contribution in [3.63, 3.8) is 0 Å². The summed E-state index contributed by atoms with van der Waals surface area (Å²) in [5.74, 6) is 0.923. The molecule has 0 aromatic heterocycles. The van der Waals surface area contributed by atoms with Gasteiger partial charge in [0.15, 0.2) is 0 Å². The molecule has 3 nitrogen and oxygen atoms in total. The number of nitrogens with zero attached hydrogens (tertiary/aromatic N) is 1. The third-order valence-corrected chi connectivity index (χ3v) is 2.81. The van der Waals surface area contributed by atoms with E-state index in [9.17, 15) is 4.79 Å². The monoisotopic (exact) mass is 183 g/mol. The van der Waals surface area contributed by atoms with Gasteiger partial charge in [-0.25, -0.2) is 0 Å². The molecule has 0 spiro atoms. The average molecular weight is 183 g/mol. The highest BCUT2D eigenvalue weighted by Gasteiger charge is 2.34. The molecule has 2 saturated carbocycles. The third-order valence-electron chi connectivity index (χ3n) is 2.81. The normalized spacial score (nSPS) is 21.6. The van der Waals surface area contributed by atoms with Crippen molar-refractivity contribution in [3.05, 3.63) is 0 Å². The molecule has 13 heavy (non-hydrogen) atoms. The van der Waals surface area contributed by atoms with Gasteiger partial charge in [-0.05, 0) is 31.6 Å². The standard InChI is InChI=1S/C10H17NO2/c12-6-5-11(9-3-4-9)10(13)7-8-1-2-8/h8-9,12H,1-7H2. The van der Waals surface area contributed by atoms with E-state index in [1.165, 1.54) is 12.8 Å². The van der Waals surface area contributed by atoms with Gasteiger partial charge in [0.25, 0.3) is 0 Å². The SMILES string of the molecule is O=C(CC1CC1)N(CCO)C1CC1. The van der Waals surface area contributed by atoms with Gasteiger partial charge in [0, 0.05) is 19.0 Å². The molecule has 0 aliphatic heterocycles. The van der Waals surface area contributed by atoms with Crippen LogP contribution < -0.4 is 0 Å². The second-order valence-electron chi connectivity index (χ2n) is 4.19. The van der Waals surface area contributed by atoms with E-state index in [1.54, 1.807) is 0 Å². The lowest BCUT2D eigenvalue weighted by molar-refractivity contribution is -0.132. The number of hydrogen-bond donors (Lipinski definition) is 1. The van der Waals surface area contributed by atoms with Crippen LogP contribution in [-0.4, -0.2) is 35.1 Å². The van der Waals surface area contributed by atoms with Crippen molar-refractivity contribution in [2.45, 2.75) is 38.1 Å². The zero-order valence-electron chi connectivity index (χ0n) is 7.91. The maximum absolute atomic E-state index is 11.7. The van der Waals surface area contributed by atoms with E-state index in [4.69, 9.17) is 5.11 Å². The molecule has 1 N–H and O–H groups in total. The minimum Gasteiger partial charge on any atom is -0.395 e. The molecule has 0 aromatic rings. The summed E-state index contributed by atoms with van der Waals surface area (Å²) in [7, 11) is 0. The number of carbonyl (C=O) groups excluding carboxylic acids is 1. The quantitative estimate of drug-likeness (QED) is 0.684. The summed E-state index contributed by atoms with van der Waals surface area (Å²) in [4.78, 5) is 13.6. The van der Waals surface area contributed by atoms with Crippen LogP contribution in [0.25, 0.3) is 0 Å². The van der Waals surface area contributed by atoms with Crippen molar-refractivity contribution in [2.75, 3.05) is 13.2 Å². The number of rotatable bonds is 5. The summed E-state index contributed by atoms with van der Waals surface area (Å²) in [6.07, 6.45) is 5.44. The summed E-state index contributed by atoms with van der Waals surface area (Å²) < 4.78 is 0. The van der Waals surface area contributed by atoms with Crippen LogP contribution >= 0.6 is 0 Å². The maximum Gasteiger partial charge on any atom is 0.223 e. The van der Waals surface area contributed by atoms with Gasteiger partial charge in [0.05, 0.1) is 6.61 Å². The van der Waals surface area contributed by atoms with Crippen LogP contribution in [0.2, 0.25) is 0 Å². The van der Waals surface area contributed by atoms with E-state index < -0.39 is 0 Å². The highest BCUT2D eigenvalue weighted by Crippen LogP contribution is 2.35. The molecular weight excluding hydrogens is 166 g/mol. The van der Waals surface area contributed by atoms with E-state index in [0.717, 1.165) is 19.3 Å². The van der Waals surface area contributed by atoms with Crippen LogP contribution in [0.1, 0.15) is 32.1 Å². The molecule has 74 valence electrons. The topological polar surface area (TPSA) is 40.5 Å². The Morgan fingerprint density at radius 1 is 1.31 bits per heavy atom. The molecule has 1 amide bonds. The third kappa shape index (κ3) is 2.44. The van der Waals surface area contributed by atoms with E-state index in [1.807, 2.05) is 4.90 Å². The largest absolute Gasteiger partial charge is 0.395 e. The molecular formula is C10H17NO2. The Kier molecular flexibility index (Phi) is 2.54. The summed E-state index contributed by atoms with van der Waals surface area (Å²) in [5, 5.41) is 8.82. The minimum absolute atomic E-state index is 0.104. The fourth-order valence-corrected chi connectivity index (χ4v) is 1.69. The van der Waals surface area contributed by atoms with Crippen molar-refractivity contribution in [1.82, 2.24) is 4.90 Å². The molecule has 0 atom stereocenters. The first kappa shape index (κ1) is 9.00. The van der Waals surface area contributed by atoms with Gasteiger partial charge in [0.1, 0.15) is 0 Å². The lowest BCUT2D eigenvalue weighted by atomic mass is 10.2. The first-order chi connectivity index (χ1) is 6.31. The molecule has 2 aliphatic rings. The van der Waals surface area contributed by atoms with Crippen molar-refractivity contribution in [1.29, 1.82) is 0 Å². The van der Waals surface area contributed by atoms with E-state index in [-0.39, 0.29) is 12.5 Å². The fraction of sp³-hybridized carbons (Fsp3) is 0.900. The van der Waals surface area contributed by atoms with Gasteiger partial charge in [-0.15, -0.1) is 0 Å². The summed E-state index contributed by atoms with van der Waals surface area (Å²) in [6, 6.07) is 0.457. The van der Waals surface area contributed by atoms with Crippen molar-refractivity contribution in [3.8, 4) is 0 Å². The minimum atomic E-state index is 0.104. The average Bonchev–Trinajstić information content (AvgIpc) is 2.92. The van der Waals surface area contributed by atoms with E-state index in [0.29, 0.717) is 18.5 Å². The Labute approximate surface area is 78.7 Å². The predicted molar refractivity (Wildman–Crippen MR) is 49.2 cm³/mol. The van der Waals surface area contributed by atoms with Crippen molar-refractivity contribution >= 4 is 5.91 Å². The molecule has 3 heteroatoms. The Balaban J connectivity index is 1.81. The van der Waals surface area contributed by atoms with Crippen LogP contribution in [0.3, 0.4) is 0 Å². The number of aliphatic hydroxyl groups excluding tert-OH is 1. The Morgan fingerprint density at radius 2 is 2.00 bits per heavy atom. The van der Waals surface area contributed by atoms with Gasteiger partial charge in [0.2, 0.25) is 5.91 Å². The van der Waals surface area contributed by atoms with Crippen molar-refractivity contribution in [2.24, 2.45) is 5.92 Å². The highest BCUT2D eigenvalue weighted by atomic mass is 16.3. The number of amides is 1. The zero-order valence-corrected chi connectivity index (χ0v) is 7.91. The summed E-state index contributed by atoms with van der Waals surface area (Å²) >= 11 is 0. The highest BCUT2D eigenvalue weighted by molar-refractivity contribution is 5.77. The molecule has 2 rings (SSSR count). The Morgan fingerprint density at radius 3 is 2.46 bits per heavy atom. The molecule has 2 aliphatic carbocycles. The van der Waals surface area contributed by atoms with Gasteiger partial charge in [-0.3, -0.25) is 4.79 Å². The summed E-state index contributed by atoms with van der Waals surface area (Å²) in [6.45, 7) is 0.642. The fourth-order valence-electron chi connectivity index (χ4n) is 1.69. The smallest absolute Gasteiger partial charge is 0.223 e. The molecule has 0 bridgehead atoms. The lowest BCUT2D eigenvalue weighted by Gasteiger charge is -2.21. The Bertz CT molecular complexity index is 197. The van der Waals surface area contributed by atoms with Gasteiger partial charge >= 0.3 is 0 Å². The van der Waals surface area contributed by atoms with Crippen LogP contribution in [0, 0.1) is 5.92 Å². The predicted octanol–water partition coefficient (Wildman–Crippen LogP) is 0.770. The lowest BCUT2D eigenvalue weighted by Crippen LogP contribution is -2.35. The number of hydrogen-bond acceptors (Lipinski definition) is 2. The molecule has 0 aromatic carbocycles. The molecule has 0 saturated heterocycles. The Hall–Kier alpha value is -0.570. The first-order valence-corrected chi connectivity index (χ1v) is 5.21. The van der Waals surface area contributed by atoms with E-state index in [2.05, 4.69) is 0 Å². The van der Waals surface area contributed by atoms with Crippen LogP contribution in [0.4, 0.5) is 0 Å². The molecule has 0 radical (unpaired) electrons. The molecule has 0 unspecified atom stereocenters. The maximum atomic E-state index is 11.7. The van der Waals surface area contributed by atoms with Gasteiger partial charge < -0.3 is 10.0 Å². The van der Waals surface area contributed by atoms with Gasteiger partial charge in [-0.1, -0.05) is 0 Å². The molecule has 2 fully saturated rings. The number of carbonyl (C=O) groups is 1. The van der Waals surface area contributed by atoms with Crippen molar-refractivity contribution < 1.29 is 9.90 Å². The zero-order chi connectivity index (χ0) is 9.26. The summed E-state index contributed by atoms with van der Waals surface area (Å²) in [5.41, 5.74) is 0. The van der Waals surface area contributed by atoms with E-state index >= 15 is 0 Å². The molecule has 0 heterocycles. The van der Waals surface area contributed by atoms with Crippen LogP contribution in [0.5, 0.6) is 0 Å². The second-order valence-corrected chi connectivity index (χ2v) is 4.19. The van der Waals surface area contributed by atoms with Gasteiger partial charge in [-0.2, -0.15) is 0 Å². The van der Waals surface area contributed by atoms with Crippen LogP contribution in [-0.2, 0) is 4.79 Å².